The van der Waals surface area contributed by atoms with E-state index in [9.17, 15) is 25.9 Å². The molecular weight excluding hydrogens is 360 g/mol. The Morgan fingerprint density at radius 2 is 1.33 bits per heavy atom. The number of hydrogen-bond donors (Lipinski definition) is 0. The number of unbranched alkanes of at least 4 members (excludes halogenated alkanes) is 2. The quantitative estimate of drug-likeness (QED) is 0.505. The normalized spacial score (nSPS) is 12.8. The Morgan fingerprint density at radius 1 is 0.875 bits per heavy atom. The number of furan rings is 2. The molecule has 0 bridgehead atoms. The van der Waals surface area contributed by atoms with Crippen LogP contribution in [0.5, 0.6) is 0 Å². The van der Waals surface area contributed by atoms with Crippen LogP contribution in [0.3, 0.4) is 0 Å². The molecule has 8 nitrogen and oxygen atoms in total. The molecule has 0 aromatic carbocycles. The molecule has 10 heteroatoms. The molecule has 0 saturated carbocycles. The Morgan fingerprint density at radius 3 is 1.67 bits per heavy atom. The SMILES string of the molecule is CCCCCC(c1ccc(S(=O)(=O)[O-])o1)c1ccc(S(=O)(=O)[O-])o1. The molecular formula is C14H16O8S2-2. The highest BCUT2D eigenvalue weighted by Gasteiger charge is 2.23. The molecule has 0 N–H and O–H groups in total. The molecule has 2 aromatic heterocycles. The van der Waals surface area contributed by atoms with Crippen molar-refractivity contribution in [1.82, 2.24) is 0 Å². The van der Waals surface area contributed by atoms with Gasteiger partial charge in [0.25, 0.3) is 0 Å². The summed E-state index contributed by atoms with van der Waals surface area (Å²) in [4.78, 5) is 0. The maximum Gasteiger partial charge on any atom is 0.205 e. The zero-order valence-corrected chi connectivity index (χ0v) is 14.4. The van der Waals surface area contributed by atoms with Crippen LogP contribution in [-0.4, -0.2) is 25.9 Å². The van der Waals surface area contributed by atoms with Gasteiger partial charge in [-0.15, -0.1) is 0 Å². The second-order valence-electron chi connectivity index (χ2n) is 5.27. The Kier molecular flexibility index (Phi) is 5.53. The Labute approximate surface area is 140 Å². The lowest BCUT2D eigenvalue weighted by molar-refractivity contribution is 0.328. The molecule has 0 unspecified atom stereocenters. The summed E-state index contributed by atoms with van der Waals surface area (Å²) in [7, 11) is -9.47. The molecule has 0 atom stereocenters. The van der Waals surface area contributed by atoms with E-state index in [1.807, 2.05) is 6.92 Å². The average Bonchev–Trinajstić information content (AvgIpc) is 3.11. The summed E-state index contributed by atoms with van der Waals surface area (Å²) in [5.41, 5.74) is 0. The van der Waals surface area contributed by atoms with Gasteiger partial charge in [0.2, 0.25) is 10.2 Å². The highest BCUT2D eigenvalue weighted by atomic mass is 32.2. The van der Waals surface area contributed by atoms with E-state index in [0.717, 1.165) is 31.4 Å². The Hall–Kier alpha value is -1.62. The Bertz CT molecular complexity index is 819. The van der Waals surface area contributed by atoms with Gasteiger partial charge in [-0.25, -0.2) is 16.8 Å². The van der Waals surface area contributed by atoms with Crippen molar-refractivity contribution in [2.45, 2.75) is 48.7 Å². The maximum absolute atomic E-state index is 11.0. The fourth-order valence-electron chi connectivity index (χ4n) is 2.34. The minimum absolute atomic E-state index is 0.157. The molecule has 0 fully saturated rings. The van der Waals surface area contributed by atoms with Crippen molar-refractivity contribution in [3.05, 3.63) is 35.8 Å². The third-order valence-corrected chi connectivity index (χ3v) is 4.90. The molecule has 0 aliphatic carbocycles. The Balaban J connectivity index is 2.38. The summed E-state index contributed by atoms with van der Waals surface area (Å²) in [6.07, 6.45) is 3.04. The van der Waals surface area contributed by atoms with E-state index >= 15 is 0 Å². The van der Waals surface area contributed by atoms with Gasteiger partial charge >= 0.3 is 0 Å². The van der Waals surface area contributed by atoms with E-state index in [0.29, 0.717) is 6.42 Å². The summed E-state index contributed by atoms with van der Waals surface area (Å²) in [6.45, 7) is 2.00. The first-order valence-electron chi connectivity index (χ1n) is 7.24. The summed E-state index contributed by atoms with van der Waals surface area (Å²) in [6, 6.07) is 4.74. The van der Waals surface area contributed by atoms with Crippen LogP contribution in [0.15, 0.2) is 43.3 Å². The number of hydrogen-bond acceptors (Lipinski definition) is 8. The highest BCUT2D eigenvalue weighted by Crippen LogP contribution is 2.34. The topological polar surface area (TPSA) is 141 Å². The van der Waals surface area contributed by atoms with E-state index in [1.54, 1.807) is 0 Å². The van der Waals surface area contributed by atoms with Crippen molar-refractivity contribution in [2.24, 2.45) is 0 Å². The second-order valence-corrected chi connectivity index (χ2v) is 7.89. The van der Waals surface area contributed by atoms with Crippen molar-refractivity contribution >= 4 is 20.2 Å². The maximum atomic E-state index is 11.0. The summed E-state index contributed by atoms with van der Waals surface area (Å²) in [5.74, 6) is -0.281. The van der Waals surface area contributed by atoms with Crippen LogP contribution >= 0.6 is 0 Å². The van der Waals surface area contributed by atoms with Gasteiger partial charge in [-0.3, -0.25) is 0 Å². The average molecular weight is 376 g/mol. The first-order valence-corrected chi connectivity index (χ1v) is 10.1. The van der Waals surface area contributed by atoms with Crippen molar-refractivity contribution in [2.75, 3.05) is 0 Å². The van der Waals surface area contributed by atoms with Crippen molar-refractivity contribution < 1.29 is 34.8 Å². The first-order chi connectivity index (χ1) is 11.1. The van der Waals surface area contributed by atoms with Crippen LogP contribution in [0.4, 0.5) is 0 Å². The van der Waals surface area contributed by atoms with E-state index in [2.05, 4.69) is 0 Å². The predicted molar refractivity (Wildman–Crippen MR) is 79.3 cm³/mol. The lowest BCUT2D eigenvalue weighted by Crippen LogP contribution is -2.01. The molecule has 0 aliphatic rings. The molecule has 0 radical (unpaired) electrons. The number of rotatable bonds is 8. The predicted octanol–water partition coefficient (Wildman–Crippen LogP) is 2.39. The van der Waals surface area contributed by atoms with E-state index in [4.69, 9.17) is 8.83 Å². The van der Waals surface area contributed by atoms with E-state index < -0.39 is 36.3 Å². The first kappa shape index (κ1) is 18.7. The minimum atomic E-state index is -4.73. The van der Waals surface area contributed by atoms with Gasteiger partial charge in [-0.1, -0.05) is 26.2 Å². The standard InChI is InChI=1S/C14H18O8S2/c1-2-3-4-5-10(11-6-8-13(21-11)23(15,16)17)12-7-9-14(22-12)24(18,19)20/h6-10H,2-5H2,1H3,(H,15,16,17)(H,18,19,20)/p-2. The molecule has 0 amide bonds. The molecule has 0 aliphatic heterocycles. The molecule has 24 heavy (non-hydrogen) atoms. The molecule has 2 heterocycles. The van der Waals surface area contributed by atoms with Crippen LogP contribution in [0.2, 0.25) is 0 Å². The smallest absolute Gasteiger partial charge is 0.205 e. The fourth-order valence-corrected chi connectivity index (χ4v) is 3.20. The minimum Gasteiger partial charge on any atom is -0.742 e. The molecule has 134 valence electrons. The second kappa shape index (κ2) is 7.09. The van der Waals surface area contributed by atoms with E-state index in [1.165, 1.54) is 12.1 Å². The lowest BCUT2D eigenvalue weighted by atomic mass is 9.96. The van der Waals surface area contributed by atoms with Crippen LogP contribution < -0.4 is 0 Å². The van der Waals surface area contributed by atoms with Crippen molar-refractivity contribution in [1.29, 1.82) is 0 Å². The fraction of sp³-hybridized carbons (Fsp3) is 0.429. The van der Waals surface area contributed by atoms with Crippen molar-refractivity contribution in [3.8, 4) is 0 Å². The largest absolute Gasteiger partial charge is 0.742 e. The van der Waals surface area contributed by atoms with Gasteiger partial charge in [-0.05, 0) is 30.7 Å². The zero-order chi connectivity index (χ0) is 18.0. The van der Waals surface area contributed by atoms with E-state index in [-0.39, 0.29) is 11.5 Å². The summed E-state index contributed by atoms with van der Waals surface area (Å²) in [5, 5.41) is -1.44. The zero-order valence-electron chi connectivity index (χ0n) is 12.8. The van der Waals surface area contributed by atoms with Crippen LogP contribution in [-0.2, 0) is 20.2 Å². The monoisotopic (exact) mass is 376 g/mol. The van der Waals surface area contributed by atoms with Gasteiger partial charge in [0, 0.05) is 0 Å². The van der Waals surface area contributed by atoms with Gasteiger partial charge in [0.1, 0.15) is 11.5 Å². The van der Waals surface area contributed by atoms with Gasteiger partial charge < -0.3 is 17.9 Å². The summed E-state index contributed by atoms with van der Waals surface area (Å²) < 4.78 is 76.3. The lowest BCUT2D eigenvalue weighted by Gasteiger charge is -2.12. The highest BCUT2D eigenvalue weighted by molar-refractivity contribution is 7.85. The molecule has 0 saturated heterocycles. The third kappa shape index (κ3) is 4.47. The van der Waals surface area contributed by atoms with Crippen molar-refractivity contribution in [3.63, 3.8) is 0 Å². The van der Waals surface area contributed by atoms with Gasteiger partial charge in [0.05, 0.1) is 5.92 Å². The molecule has 0 spiro atoms. The van der Waals surface area contributed by atoms with Crippen LogP contribution in [0.25, 0.3) is 0 Å². The van der Waals surface area contributed by atoms with Crippen LogP contribution in [0.1, 0.15) is 50.0 Å². The molecule has 2 aromatic rings. The third-order valence-electron chi connectivity index (χ3n) is 3.48. The van der Waals surface area contributed by atoms with Gasteiger partial charge in [-0.2, -0.15) is 0 Å². The van der Waals surface area contributed by atoms with Crippen LogP contribution in [0, 0.1) is 0 Å². The summed E-state index contributed by atoms with van der Waals surface area (Å²) >= 11 is 0. The van der Waals surface area contributed by atoms with Gasteiger partial charge in [0.15, 0.2) is 20.2 Å². The molecule has 2 rings (SSSR count).